The fraction of sp³-hybridized carbons (Fsp3) is 0.583. The summed E-state index contributed by atoms with van der Waals surface area (Å²) in [5.41, 5.74) is 1.10. The van der Waals surface area contributed by atoms with Crippen LogP contribution in [0, 0.1) is 13.8 Å². The highest BCUT2D eigenvalue weighted by Gasteiger charge is 2.13. The van der Waals surface area contributed by atoms with E-state index in [1.807, 2.05) is 20.8 Å². The molecule has 0 atom stereocenters. The second-order valence-corrected chi connectivity index (χ2v) is 6.35. The van der Waals surface area contributed by atoms with Gasteiger partial charge in [0, 0.05) is 15.3 Å². The van der Waals surface area contributed by atoms with Crippen molar-refractivity contribution in [1.29, 1.82) is 0 Å². The Balaban J connectivity index is 2.43. The molecule has 0 fully saturated rings. The number of rotatable bonds is 2. The number of carbonyl (C=O) groups is 1. The molecule has 0 aliphatic carbocycles. The lowest BCUT2D eigenvalue weighted by molar-refractivity contribution is 0.231. The minimum atomic E-state index is -0.189. The first kappa shape index (κ1) is 13.0. The number of amides is 2. The molecule has 4 heteroatoms. The Hall–Kier alpha value is -1.03. The number of hydrogen-bond acceptors (Lipinski definition) is 2. The summed E-state index contributed by atoms with van der Waals surface area (Å²) in [5, 5.41) is 5.72. The highest BCUT2D eigenvalue weighted by molar-refractivity contribution is 7.12. The predicted molar refractivity (Wildman–Crippen MR) is 68.9 cm³/mol. The van der Waals surface area contributed by atoms with Crippen molar-refractivity contribution in [3.63, 3.8) is 0 Å². The van der Waals surface area contributed by atoms with Gasteiger partial charge in [-0.05, 0) is 46.2 Å². The van der Waals surface area contributed by atoms with Gasteiger partial charge in [0.15, 0.2) is 0 Å². The molecule has 0 bridgehead atoms. The Morgan fingerprint density at radius 2 is 2.00 bits per heavy atom. The molecule has 1 rings (SSSR count). The maximum atomic E-state index is 11.5. The Bertz CT molecular complexity index is 357. The second kappa shape index (κ2) is 4.87. The summed E-state index contributed by atoms with van der Waals surface area (Å²) >= 11 is 1.73. The normalized spacial score (nSPS) is 11.3. The van der Waals surface area contributed by atoms with Crippen LogP contribution >= 0.6 is 11.3 Å². The van der Waals surface area contributed by atoms with Crippen LogP contribution in [0.2, 0.25) is 0 Å². The van der Waals surface area contributed by atoms with Crippen molar-refractivity contribution in [2.75, 3.05) is 0 Å². The first-order chi connectivity index (χ1) is 7.28. The summed E-state index contributed by atoms with van der Waals surface area (Å²) in [5.74, 6) is 0. The van der Waals surface area contributed by atoms with Crippen LogP contribution in [0.5, 0.6) is 0 Å². The maximum Gasteiger partial charge on any atom is 0.315 e. The van der Waals surface area contributed by atoms with E-state index in [2.05, 4.69) is 30.5 Å². The number of thiophene rings is 1. The van der Waals surface area contributed by atoms with Crippen LogP contribution in [-0.2, 0) is 6.54 Å². The Kier molecular flexibility index (Phi) is 3.97. The van der Waals surface area contributed by atoms with E-state index in [0.717, 1.165) is 0 Å². The van der Waals surface area contributed by atoms with Crippen LogP contribution in [0.3, 0.4) is 0 Å². The SMILES string of the molecule is Cc1cc(CNC(=O)NC(C)(C)C)sc1C. The molecule has 0 aliphatic rings. The van der Waals surface area contributed by atoms with Gasteiger partial charge in [-0.3, -0.25) is 0 Å². The van der Waals surface area contributed by atoms with Gasteiger partial charge in [0.05, 0.1) is 6.54 Å². The standard InChI is InChI=1S/C12H20N2OS/c1-8-6-10(16-9(8)2)7-13-11(15)14-12(3,4)5/h6H,7H2,1-5H3,(H2,13,14,15). The topological polar surface area (TPSA) is 41.1 Å². The van der Waals surface area contributed by atoms with Crippen LogP contribution in [0.4, 0.5) is 4.79 Å². The molecule has 0 saturated heterocycles. The lowest BCUT2D eigenvalue weighted by Gasteiger charge is -2.20. The third-order valence-electron chi connectivity index (χ3n) is 2.13. The van der Waals surface area contributed by atoms with Gasteiger partial charge in [0.1, 0.15) is 0 Å². The first-order valence-corrected chi connectivity index (χ1v) is 6.21. The Morgan fingerprint density at radius 3 is 2.44 bits per heavy atom. The highest BCUT2D eigenvalue weighted by Crippen LogP contribution is 2.20. The molecule has 0 spiro atoms. The predicted octanol–water partition coefficient (Wildman–Crippen LogP) is 2.96. The monoisotopic (exact) mass is 240 g/mol. The molecule has 1 heterocycles. The second-order valence-electron chi connectivity index (χ2n) is 5.01. The zero-order chi connectivity index (χ0) is 12.3. The van der Waals surface area contributed by atoms with Gasteiger partial charge < -0.3 is 10.6 Å². The van der Waals surface area contributed by atoms with Crippen LogP contribution < -0.4 is 10.6 Å². The summed E-state index contributed by atoms with van der Waals surface area (Å²) in [6.07, 6.45) is 0. The molecule has 1 aromatic rings. The molecule has 90 valence electrons. The lowest BCUT2D eigenvalue weighted by atomic mass is 10.1. The maximum absolute atomic E-state index is 11.5. The molecule has 1 aromatic heterocycles. The van der Waals surface area contributed by atoms with E-state index in [-0.39, 0.29) is 11.6 Å². The zero-order valence-electron chi connectivity index (χ0n) is 10.6. The van der Waals surface area contributed by atoms with E-state index in [9.17, 15) is 4.79 Å². The van der Waals surface area contributed by atoms with Crippen molar-refractivity contribution in [3.8, 4) is 0 Å². The third-order valence-corrected chi connectivity index (χ3v) is 3.28. The molecule has 2 amide bonds. The van der Waals surface area contributed by atoms with Gasteiger partial charge in [-0.15, -0.1) is 11.3 Å². The minimum Gasteiger partial charge on any atom is -0.334 e. The van der Waals surface area contributed by atoms with Crippen molar-refractivity contribution in [2.45, 2.75) is 46.7 Å². The summed E-state index contributed by atoms with van der Waals surface area (Å²) in [4.78, 5) is 14.0. The average Bonchev–Trinajstić information content (AvgIpc) is 2.40. The van der Waals surface area contributed by atoms with Crippen LogP contribution in [0.1, 0.15) is 36.1 Å². The molecule has 0 aliphatic heterocycles. The lowest BCUT2D eigenvalue weighted by Crippen LogP contribution is -2.46. The van der Waals surface area contributed by atoms with Crippen molar-refractivity contribution in [2.24, 2.45) is 0 Å². The van der Waals surface area contributed by atoms with Gasteiger partial charge in [-0.2, -0.15) is 0 Å². The molecule has 3 nitrogen and oxygen atoms in total. The van der Waals surface area contributed by atoms with E-state index >= 15 is 0 Å². The fourth-order valence-corrected chi connectivity index (χ4v) is 2.28. The van der Waals surface area contributed by atoms with Crippen molar-refractivity contribution in [3.05, 3.63) is 21.4 Å². The molecule has 0 radical (unpaired) electrons. The molecule has 2 N–H and O–H groups in total. The number of aryl methyl sites for hydroxylation is 2. The molecule has 0 unspecified atom stereocenters. The summed E-state index contributed by atoms with van der Waals surface area (Å²) in [7, 11) is 0. The summed E-state index contributed by atoms with van der Waals surface area (Å²) < 4.78 is 0. The molecular weight excluding hydrogens is 220 g/mol. The van der Waals surface area contributed by atoms with Crippen molar-refractivity contribution >= 4 is 17.4 Å². The van der Waals surface area contributed by atoms with Crippen LogP contribution in [0.25, 0.3) is 0 Å². The number of carbonyl (C=O) groups excluding carboxylic acids is 1. The van der Waals surface area contributed by atoms with Gasteiger partial charge in [0.25, 0.3) is 0 Å². The minimum absolute atomic E-state index is 0.115. The quantitative estimate of drug-likeness (QED) is 0.820. The Labute approximate surface area is 101 Å². The van der Waals surface area contributed by atoms with Gasteiger partial charge in [-0.1, -0.05) is 0 Å². The van der Waals surface area contributed by atoms with Gasteiger partial charge in [-0.25, -0.2) is 4.79 Å². The van der Waals surface area contributed by atoms with Gasteiger partial charge >= 0.3 is 6.03 Å². The molecule has 0 saturated carbocycles. The van der Waals surface area contributed by atoms with E-state index in [1.54, 1.807) is 11.3 Å². The average molecular weight is 240 g/mol. The van der Waals surface area contributed by atoms with Crippen molar-refractivity contribution in [1.82, 2.24) is 10.6 Å². The molecular formula is C12H20N2OS. The number of urea groups is 1. The molecule has 0 aromatic carbocycles. The smallest absolute Gasteiger partial charge is 0.315 e. The van der Waals surface area contributed by atoms with E-state index < -0.39 is 0 Å². The molecule has 16 heavy (non-hydrogen) atoms. The summed E-state index contributed by atoms with van der Waals surface area (Å²) in [6.45, 7) is 10.7. The highest BCUT2D eigenvalue weighted by atomic mass is 32.1. The van der Waals surface area contributed by atoms with Crippen molar-refractivity contribution < 1.29 is 4.79 Å². The van der Waals surface area contributed by atoms with E-state index in [4.69, 9.17) is 0 Å². The van der Waals surface area contributed by atoms with Crippen LogP contribution in [-0.4, -0.2) is 11.6 Å². The zero-order valence-corrected chi connectivity index (χ0v) is 11.4. The largest absolute Gasteiger partial charge is 0.334 e. The number of nitrogens with one attached hydrogen (secondary N) is 2. The van der Waals surface area contributed by atoms with E-state index in [1.165, 1.54) is 15.3 Å². The van der Waals surface area contributed by atoms with Crippen LogP contribution in [0.15, 0.2) is 6.07 Å². The third kappa shape index (κ3) is 4.23. The van der Waals surface area contributed by atoms with Gasteiger partial charge in [0.2, 0.25) is 0 Å². The Morgan fingerprint density at radius 1 is 1.38 bits per heavy atom. The first-order valence-electron chi connectivity index (χ1n) is 5.40. The number of hydrogen-bond donors (Lipinski definition) is 2. The fourth-order valence-electron chi connectivity index (χ4n) is 1.29. The van der Waals surface area contributed by atoms with E-state index in [0.29, 0.717) is 6.54 Å². The summed E-state index contributed by atoms with van der Waals surface area (Å²) in [6, 6.07) is 2.01.